The molecule has 1 aromatic carbocycles. The lowest BCUT2D eigenvalue weighted by molar-refractivity contribution is -0.0808. The molecule has 1 aliphatic carbocycles. The van der Waals surface area contributed by atoms with Crippen LogP contribution in [-0.2, 0) is 34.1 Å². The molecule has 0 heterocycles. The van der Waals surface area contributed by atoms with Crippen LogP contribution in [0.15, 0.2) is 24.3 Å². The van der Waals surface area contributed by atoms with Crippen molar-refractivity contribution in [3.8, 4) is 0 Å². The third-order valence-electron chi connectivity index (χ3n) is 6.48. The first-order valence-electron chi connectivity index (χ1n) is 9.81. The Hall–Kier alpha value is -1.07. The lowest BCUT2D eigenvalue weighted by atomic mass is 9.60. The molecule has 0 aliphatic heterocycles. The van der Waals surface area contributed by atoms with Crippen molar-refractivity contribution in [1.82, 2.24) is 4.90 Å². The van der Waals surface area contributed by atoms with E-state index in [0.717, 1.165) is 18.1 Å². The summed E-state index contributed by atoms with van der Waals surface area (Å²) in [6.07, 6.45) is 2.34. The topological polar surface area (TPSA) is 90.0 Å². The minimum absolute atomic E-state index is 0.326. The number of halogens is 1. The molecule has 30 heavy (non-hydrogen) atoms. The minimum atomic E-state index is -3.76. The molecule has 0 amide bonds. The minimum Gasteiger partial charge on any atom is -0.300 e. The molecule has 0 bridgehead atoms. The molecule has 2 unspecified atom stereocenters. The smallest absolute Gasteiger partial charge is 0.264 e. The lowest BCUT2D eigenvalue weighted by Crippen LogP contribution is -2.54. The molecule has 0 N–H and O–H groups in total. The molecule has 2 rings (SSSR count). The summed E-state index contributed by atoms with van der Waals surface area (Å²) in [5.74, 6) is -0.326. The Labute approximate surface area is 179 Å². The third-order valence-corrected chi connectivity index (χ3v) is 7.76. The Kier molecular flexibility index (Phi) is 7.40. The van der Waals surface area contributed by atoms with Gasteiger partial charge >= 0.3 is 0 Å². The van der Waals surface area contributed by atoms with Gasteiger partial charge in [0.2, 0.25) is 0 Å². The molecule has 0 saturated heterocycles. The highest BCUT2D eigenvalue weighted by molar-refractivity contribution is 7.86. The fraction of sp³-hybridized carbons (Fsp3) is 0.700. The van der Waals surface area contributed by atoms with E-state index in [2.05, 4.69) is 0 Å². The molecule has 1 aromatic rings. The normalized spacial score (nSPS) is 27.7. The fourth-order valence-corrected chi connectivity index (χ4v) is 6.19. The van der Waals surface area contributed by atoms with E-state index in [1.807, 2.05) is 25.1 Å². The predicted octanol–water partition coefficient (Wildman–Crippen LogP) is 2.87. The van der Waals surface area contributed by atoms with Gasteiger partial charge in [-0.15, -0.1) is 0 Å². The van der Waals surface area contributed by atoms with Crippen LogP contribution < -0.4 is 0 Å². The predicted molar refractivity (Wildman–Crippen MR) is 113 cm³/mol. The van der Waals surface area contributed by atoms with Crippen LogP contribution in [0.3, 0.4) is 0 Å². The van der Waals surface area contributed by atoms with Crippen molar-refractivity contribution in [3.05, 3.63) is 35.6 Å². The molecular formula is C20H32FNO6S2. The van der Waals surface area contributed by atoms with Crippen LogP contribution in [-0.4, -0.2) is 60.6 Å². The quantitative estimate of drug-likeness (QED) is 0.545. The zero-order valence-corrected chi connectivity index (χ0v) is 20.0. The molecule has 0 aromatic heterocycles. The highest BCUT2D eigenvalue weighted by atomic mass is 32.2. The Morgan fingerprint density at radius 3 is 1.77 bits per heavy atom. The van der Waals surface area contributed by atoms with Gasteiger partial charge in [0.1, 0.15) is 5.82 Å². The second kappa shape index (κ2) is 8.82. The maximum absolute atomic E-state index is 13.9. The van der Waals surface area contributed by atoms with E-state index in [-0.39, 0.29) is 5.82 Å². The molecule has 0 radical (unpaired) electrons. The maximum atomic E-state index is 13.9. The van der Waals surface area contributed by atoms with E-state index in [0.29, 0.717) is 25.7 Å². The molecule has 10 heteroatoms. The monoisotopic (exact) mass is 465 g/mol. The van der Waals surface area contributed by atoms with Crippen molar-refractivity contribution in [2.75, 3.05) is 26.6 Å². The summed E-state index contributed by atoms with van der Waals surface area (Å²) in [5.41, 5.74) is -0.491. The molecular weight excluding hydrogens is 433 g/mol. The van der Waals surface area contributed by atoms with E-state index in [1.54, 1.807) is 19.9 Å². The van der Waals surface area contributed by atoms with Gasteiger partial charge < -0.3 is 0 Å². The standard InChI is InChI=1S/C20H32FNO6S2/c1-15(27-29(5,23)24)19(16(2)28-30(6,25)26)10-12-20(13-11-19,22(3)4)17-8-7-9-18(21)14-17/h7-9,14-16H,10-13H2,1-6H3. The number of hydrogen-bond donors (Lipinski definition) is 0. The van der Waals surface area contributed by atoms with Crippen molar-refractivity contribution >= 4 is 20.2 Å². The van der Waals surface area contributed by atoms with Gasteiger partial charge in [-0.3, -0.25) is 13.3 Å². The molecule has 0 spiro atoms. The SMILES string of the molecule is CC(OS(C)(=O)=O)C1(C(C)OS(C)(=O)=O)CCC(c2cccc(F)c2)(N(C)C)CC1. The molecule has 7 nitrogen and oxygen atoms in total. The van der Waals surface area contributed by atoms with Gasteiger partial charge in [-0.25, -0.2) is 4.39 Å². The second-order valence-corrected chi connectivity index (χ2v) is 11.8. The van der Waals surface area contributed by atoms with E-state index < -0.39 is 43.4 Å². The van der Waals surface area contributed by atoms with Gasteiger partial charge in [0.05, 0.1) is 24.7 Å². The van der Waals surface area contributed by atoms with Crippen molar-refractivity contribution in [2.45, 2.75) is 57.3 Å². The van der Waals surface area contributed by atoms with Gasteiger partial charge in [0.25, 0.3) is 20.2 Å². The van der Waals surface area contributed by atoms with Gasteiger partial charge in [-0.05, 0) is 71.3 Å². The number of nitrogens with zero attached hydrogens (tertiary/aromatic N) is 1. The average molecular weight is 466 g/mol. The molecule has 172 valence electrons. The largest absolute Gasteiger partial charge is 0.300 e. The summed E-state index contributed by atoms with van der Waals surface area (Å²) in [4.78, 5) is 2.04. The molecule has 1 fully saturated rings. The Morgan fingerprint density at radius 2 is 1.40 bits per heavy atom. The Balaban J connectivity index is 2.45. The zero-order chi connectivity index (χ0) is 23.0. The molecule has 2 atom stereocenters. The Morgan fingerprint density at radius 1 is 0.933 bits per heavy atom. The zero-order valence-electron chi connectivity index (χ0n) is 18.4. The number of benzene rings is 1. The average Bonchev–Trinajstić information content (AvgIpc) is 2.58. The summed E-state index contributed by atoms with van der Waals surface area (Å²) in [6, 6.07) is 6.45. The highest BCUT2D eigenvalue weighted by Crippen LogP contribution is 2.52. The van der Waals surface area contributed by atoms with Gasteiger partial charge in [-0.2, -0.15) is 16.8 Å². The van der Waals surface area contributed by atoms with Crippen LogP contribution >= 0.6 is 0 Å². The van der Waals surface area contributed by atoms with Crippen molar-refractivity contribution in [2.24, 2.45) is 5.41 Å². The summed E-state index contributed by atoms with van der Waals surface area (Å²) in [7, 11) is -3.67. The summed E-state index contributed by atoms with van der Waals surface area (Å²) in [6.45, 7) is 3.27. The van der Waals surface area contributed by atoms with Crippen molar-refractivity contribution in [3.63, 3.8) is 0 Å². The van der Waals surface area contributed by atoms with Crippen LogP contribution in [0.25, 0.3) is 0 Å². The van der Waals surface area contributed by atoms with Gasteiger partial charge in [0, 0.05) is 11.0 Å². The molecule has 1 aliphatic rings. The van der Waals surface area contributed by atoms with Crippen LogP contribution in [0.2, 0.25) is 0 Å². The number of rotatable bonds is 8. The summed E-state index contributed by atoms with van der Waals surface area (Å²) in [5, 5.41) is 0. The first kappa shape index (κ1) is 25.2. The van der Waals surface area contributed by atoms with E-state index >= 15 is 0 Å². The van der Waals surface area contributed by atoms with Gasteiger partial charge in [-0.1, -0.05) is 12.1 Å². The van der Waals surface area contributed by atoms with E-state index in [4.69, 9.17) is 8.37 Å². The Bertz CT molecular complexity index is 911. The third kappa shape index (κ3) is 5.59. The second-order valence-electron chi connectivity index (χ2n) is 8.55. The first-order valence-corrected chi connectivity index (χ1v) is 13.4. The van der Waals surface area contributed by atoms with Crippen molar-refractivity contribution < 1.29 is 29.6 Å². The van der Waals surface area contributed by atoms with E-state index in [1.165, 1.54) is 12.1 Å². The lowest BCUT2D eigenvalue weighted by Gasteiger charge is -2.53. The summed E-state index contributed by atoms with van der Waals surface area (Å²) >= 11 is 0. The van der Waals surface area contributed by atoms with Crippen molar-refractivity contribution in [1.29, 1.82) is 0 Å². The van der Waals surface area contributed by atoms with Crippen LogP contribution in [0, 0.1) is 11.2 Å². The highest BCUT2D eigenvalue weighted by Gasteiger charge is 2.52. The van der Waals surface area contributed by atoms with Crippen LogP contribution in [0.4, 0.5) is 4.39 Å². The summed E-state index contributed by atoms with van der Waals surface area (Å²) < 4.78 is 71.7. The molecule has 1 saturated carbocycles. The maximum Gasteiger partial charge on any atom is 0.264 e. The first-order chi connectivity index (χ1) is 13.6. The van der Waals surface area contributed by atoms with E-state index in [9.17, 15) is 21.2 Å². The van der Waals surface area contributed by atoms with Gasteiger partial charge in [0.15, 0.2) is 0 Å². The number of hydrogen-bond acceptors (Lipinski definition) is 7. The fourth-order valence-electron chi connectivity index (χ4n) is 4.76. The van der Waals surface area contributed by atoms with Crippen LogP contribution in [0.5, 0.6) is 0 Å². The van der Waals surface area contributed by atoms with Crippen LogP contribution in [0.1, 0.15) is 45.1 Å².